The minimum absolute atomic E-state index is 0.0526. The molecule has 0 aromatic carbocycles. The van der Waals surface area contributed by atoms with Crippen molar-refractivity contribution >= 4 is 10.0 Å². The van der Waals surface area contributed by atoms with Gasteiger partial charge in [-0.2, -0.15) is 9.40 Å². The first kappa shape index (κ1) is 14.1. The van der Waals surface area contributed by atoms with Crippen molar-refractivity contribution in [3.05, 3.63) is 12.3 Å². The van der Waals surface area contributed by atoms with Gasteiger partial charge in [-0.25, -0.2) is 8.42 Å². The van der Waals surface area contributed by atoms with E-state index >= 15 is 0 Å². The number of rotatable bonds is 5. The molecular formula is C10H19N3O3S. The lowest BCUT2D eigenvalue weighted by atomic mass is 10.1. The van der Waals surface area contributed by atoms with Crippen molar-refractivity contribution in [2.45, 2.75) is 31.4 Å². The summed E-state index contributed by atoms with van der Waals surface area (Å²) in [6.07, 6.45) is 1.44. The first-order valence-electron chi connectivity index (χ1n) is 5.39. The highest BCUT2D eigenvalue weighted by molar-refractivity contribution is 7.89. The molecule has 7 heteroatoms. The Hall–Kier alpha value is -0.920. The van der Waals surface area contributed by atoms with Crippen LogP contribution in [0.5, 0.6) is 0 Å². The van der Waals surface area contributed by atoms with Crippen molar-refractivity contribution in [3.8, 4) is 0 Å². The number of likely N-dealkylation sites (N-methyl/N-ethyl adjacent to an activating group) is 1. The van der Waals surface area contributed by atoms with E-state index in [0.29, 0.717) is 6.54 Å². The first-order chi connectivity index (χ1) is 7.68. The summed E-state index contributed by atoms with van der Waals surface area (Å²) in [4.78, 5) is 0. The second kappa shape index (κ2) is 4.75. The van der Waals surface area contributed by atoms with E-state index in [2.05, 4.69) is 5.10 Å². The van der Waals surface area contributed by atoms with Crippen LogP contribution in [-0.2, 0) is 17.1 Å². The lowest BCUT2D eigenvalue weighted by Crippen LogP contribution is -2.42. The molecule has 0 aliphatic carbocycles. The monoisotopic (exact) mass is 261 g/mol. The quantitative estimate of drug-likeness (QED) is 0.821. The molecule has 0 saturated heterocycles. The molecule has 0 saturated carbocycles. The molecule has 98 valence electrons. The molecule has 0 fully saturated rings. The van der Waals surface area contributed by atoms with Gasteiger partial charge in [0.15, 0.2) is 5.03 Å². The average molecular weight is 261 g/mol. The third kappa shape index (κ3) is 3.27. The molecule has 0 amide bonds. The molecule has 0 atom stereocenters. The van der Waals surface area contributed by atoms with Crippen LogP contribution in [0.3, 0.4) is 0 Å². The van der Waals surface area contributed by atoms with E-state index in [9.17, 15) is 13.5 Å². The van der Waals surface area contributed by atoms with Gasteiger partial charge in [-0.15, -0.1) is 0 Å². The summed E-state index contributed by atoms with van der Waals surface area (Å²) in [5, 5.41) is 13.7. The maximum absolute atomic E-state index is 12.3. The summed E-state index contributed by atoms with van der Waals surface area (Å²) in [5.74, 6) is 0. The molecule has 0 unspecified atom stereocenters. The van der Waals surface area contributed by atoms with Crippen LogP contribution in [0.1, 0.15) is 20.8 Å². The Kier molecular flexibility index (Phi) is 3.95. The molecule has 0 aliphatic rings. The Bertz CT molecular complexity index is 473. The largest absolute Gasteiger partial charge is 0.389 e. The van der Waals surface area contributed by atoms with Gasteiger partial charge in [0.2, 0.25) is 0 Å². The Morgan fingerprint density at radius 3 is 2.47 bits per heavy atom. The Morgan fingerprint density at radius 1 is 1.53 bits per heavy atom. The fourth-order valence-corrected chi connectivity index (χ4v) is 3.25. The molecule has 0 bridgehead atoms. The highest BCUT2D eigenvalue weighted by Gasteiger charge is 2.30. The summed E-state index contributed by atoms with van der Waals surface area (Å²) >= 11 is 0. The van der Waals surface area contributed by atoms with Crippen molar-refractivity contribution in [2.75, 3.05) is 13.1 Å². The van der Waals surface area contributed by atoms with Gasteiger partial charge in [-0.3, -0.25) is 4.68 Å². The molecule has 0 aliphatic heterocycles. The Labute approximate surface area is 102 Å². The molecule has 1 aromatic rings. The van der Waals surface area contributed by atoms with E-state index < -0.39 is 15.6 Å². The van der Waals surface area contributed by atoms with Crippen LogP contribution >= 0.6 is 0 Å². The number of aryl methyl sites for hydroxylation is 1. The van der Waals surface area contributed by atoms with E-state index in [1.807, 2.05) is 0 Å². The topological polar surface area (TPSA) is 75.4 Å². The zero-order chi connectivity index (χ0) is 13.3. The second-order valence-corrected chi connectivity index (χ2v) is 6.42. The van der Waals surface area contributed by atoms with Crippen LogP contribution in [0.4, 0.5) is 0 Å². The van der Waals surface area contributed by atoms with Crippen LogP contribution in [0.2, 0.25) is 0 Å². The minimum Gasteiger partial charge on any atom is -0.389 e. The number of hydrogen-bond donors (Lipinski definition) is 1. The predicted octanol–water partition coefficient (Wildman–Crippen LogP) is 0.202. The summed E-state index contributed by atoms with van der Waals surface area (Å²) < 4.78 is 27.1. The van der Waals surface area contributed by atoms with Crippen LogP contribution < -0.4 is 0 Å². The van der Waals surface area contributed by atoms with Crippen molar-refractivity contribution in [2.24, 2.45) is 7.05 Å². The zero-order valence-corrected chi connectivity index (χ0v) is 11.4. The number of nitrogens with zero attached hydrogens (tertiary/aromatic N) is 3. The fourth-order valence-electron chi connectivity index (χ4n) is 1.55. The molecule has 1 aromatic heterocycles. The van der Waals surface area contributed by atoms with Crippen molar-refractivity contribution in [3.63, 3.8) is 0 Å². The summed E-state index contributed by atoms with van der Waals surface area (Å²) in [5.41, 5.74) is -1.07. The number of aromatic nitrogens is 2. The lowest BCUT2D eigenvalue weighted by Gasteiger charge is -2.27. The van der Waals surface area contributed by atoms with Gasteiger partial charge in [-0.05, 0) is 19.9 Å². The predicted molar refractivity (Wildman–Crippen MR) is 63.9 cm³/mol. The van der Waals surface area contributed by atoms with Crippen LogP contribution in [0.15, 0.2) is 17.3 Å². The standard InChI is InChI=1S/C10H19N3O3S/c1-5-13(8-10(2,3)14)17(15,16)9-6-7-11-12(9)4/h6-7,14H,5,8H2,1-4H3. The van der Waals surface area contributed by atoms with Gasteiger partial charge in [0.1, 0.15) is 0 Å². The summed E-state index contributed by atoms with van der Waals surface area (Å²) in [6.45, 7) is 5.25. The molecule has 17 heavy (non-hydrogen) atoms. The van der Waals surface area contributed by atoms with E-state index in [0.717, 1.165) is 0 Å². The fraction of sp³-hybridized carbons (Fsp3) is 0.700. The third-order valence-corrected chi connectivity index (χ3v) is 4.29. The van der Waals surface area contributed by atoms with Crippen molar-refractivity contribution in [1.29, 1.82) is 0 Å². The van der Waals surface area contributed by atoms with Crippen molar-refractivity contribution in [1.82, 2.24) is 14.1 Å². The van der Waals surface area contributed by atoms with Gasteiger partial charge in [0.05, 0.1) is 11.8 Å². The van der Waals surface area contributed by atoms with E-state index in [1.165, 1.54) is 21.3 Å². The Balaban J connectivity index is 3.08. The van der Waals surface area contributed by atoms with Gasteiger partial charge in [0, 0.05) is 20.1 Å². The molecule has 1 rings (SSSR count). The second-order valence-electron chi connectivity index (χ2n) is 4.54. The normalized spacial score (nSPS) is 13.3. The maximum Gasteiger partial charge on any atom is 0.260 e. The maximum atomic E-state index is 12.3. The van der Waals surface area contributed by atoms with Gasteiger partial charge in [-0.1, -0.05) is 6.92 Å². The smallest absolute Gasteiger partial charge is 0.260 e. The van der Waals surface area contributed by atoms with Gasteiger partial charge < -0.3 is 5.11 Å². The first-order valence-corrected chi connectivity index (χ1v) is 6.83. The molecule has 6 nitrogen and oxygen atoms in total. The number of sulfonamides is 1. The zero-order valence-electron chi connectivity index (χ0n) is 10.6. The average Bonchev–Trinajstić information content (AvgIpc) is 2.59. The number of hydrogen-bond acceptors (Lipinski definition) is 4. The van der Waals surface area contributed by atoms with Crippen LogP contribution in [-0.4, -0.2) is 46.3 Å². The molecular weight excluding hydrogens is 242 g/mol. The molecule has 1 heterocycles. The van der Waals surface area contributed by atoms with E-state index in [1.54, 1.807) is 27.8 Å². The SMILES string of the molecule is CCN(CC(C)(C)O)S(=O)(=O)c1ccnn1C. The minimum atomic E-state index is -3.60. The highest BCUT2D eigenvalue weighted by atomic mass is 32.2. The van der Waals surface area contributed by atoms with Crippen LogP contribution in [0.25, 0.3) is 0 Å². The van der Waals surface area contributed by atoms with Gasteiger partial charge in [0.25, 0.3) is 10.0 Å². The van der Waals surface area contributed by atoms with E-state index in [-0.39, 0.29) is 11.6 Å². The molecule has 1 N–H and O–H groups in total. The van der Waals surface area contributed by atoms with Crippen LogP contribution in [0, 0.1) is 0 Å². The lowest BCUT2D eigenvalue weighted by molar-refractivity contribution is 0.0600. The van der Waals surface area contributed by atoms with Crippen molar-refractivity contribution < 1.29 is 13.5 Å². The third-order valence-electron chi connectivity index (χ3n) is 2.30. The Morgan fingerprint density at radius 2 is 2.12 bits per heavy atom. The van der Waals surface area contributed by atoms with E-state index in [4.69, 9.17) is 0 Å². The summed E-state index contributed by atoms with van der Waals surface area (Å²) in [6, 6.07) is 1.45. The summed E-state index contributed by atoms with van der Waals surface area (Å²) in [7, 11) is -2.02. The van der Waals surface area contributed by atoms with Gasteiger partial charge >= 0.3 is 0 Å². The highest BCUT2D eigenvalue weighted by Crippen LogP contribution is 2.17. The molecule has 0 spiro atoms. The number of aliphatic hydroxyl groups is 1. The molecule has 0 radical (unpaired) electrons.